The molecule has 9 unspecified atom stereocenters. The number of nitrogens with zero attached hydrogens (tertiary/aromatic N) is 3. The monoisotopic (exact) mass is 834 g/mol. The molecule has 16 nitrogen and oxygen atoms in total. The van der Waals surface area contributed by atoms with Crippen molar-refractivity contribution in [1.82, 2.24) is 4.90 Å². The number of piperidine rings is 1. The van der Waals surface area contributed by atoms with Crippen molar-refractivity contribution in [2.24, 2.45) is 33.9 Å². The lowest BCUT2D eigenvalue weighted by Gasteiger charge is -2.38. The number of carbonyl (C=O) groups is 3. The zero-order valence-corrected chi connectivity index (χ0v) is 35.6. The Morgan fingerprint density at radius 1 is 0.933 bits per heavy atom. The predicted molar refractivity (Wildman–Crippen MR) is 225 cm³/mol. The van der Waals surface area contributed by atoms with Gasteiger partial charge in [0.05, 0.1) is 53.0 Å². The summed E-state index contributed by atoms with van der Waals surface area (Å²) in [5.74, 6) is -8.56. The van der Waals surface area contributed by atoms with Crippen molar-refractivity contribution in [3.05, 3.63) is 52.8 Å². The Hall–Kier alpha value is -5.45. The van der Waals surface area contributed by atoms with E-state index >= 15 is 0 Å². The lowest BCUT2D eigenvalue weighted by Crippen LogP contribution is -2.46. The molecule has 0 aliphatic carbocycles. The molecule has 0 aromatic heterocycles. The third-order valence-electron chi connectivity index (χ3n) is 11.9. The first-order chi connectivity index (χ1) is 28.3. The first-order valence-corrected chi connectivity index (χ1v) is 20.2. The number of fused-ring (bicyclic) bond motifs is 14. The van der Waals surface area contributed by atoms with E-state index in [-0.39, 0.29) is 44.5 Å². The molecule has 326 valence electrons. The van der Waals surface area contributed by atoms with Gasteiger partial charge in [0, 0.05) is 74.2 Å². The van der Waals surface area contributed by atoms with Gasteiger partial charge in [-0.05, 0) is 39.2 Å². The normalized spacial score (nSPS) is 31.5. The number of ketones is 1. The van der Waals surface area contributed by atoms with E-state index in [4.69, 9.17) is 18.9 Å². The molecule has 16 heteroatoms. The summed E-state index contributed by atoms with van der Waals surface area (Å²) >= 11 is 0. The molecule has 0 saturated carbocycles. The highest BCUT2D eigenvalue weighted by molar-refractivity contribution is 6.23. The van der Waals surface area contributed by atoms with Crippen molar-refractivity contribution in [2.75, 3.05) is 25.5 Å². The lowest BCUT2D eigenvalue weighted by molar-refractivity contribution is -0.160. The van der Waals surface area contributed by atoms with E-state index < -0.39 is 88.8 Å². The molecule has 6 rings (SSSR count). The summed E-state index contributed by atoms with van der Waals surface area (Å²) in [5, 5.41) is 68.6. The molecular formula is C44H58N4O12. The van der Waals surface area contributed by atoms with Gasteiger partial charge in [-0.15, -0.1) is 5.10 Å². The number of methoxy groups -OCH3 is 1. The number of allylic oxidation sites excluding steroid dienone is 2. The van der Waals surface area contributed by atoms with Crippen LogP contribution in [-0.4, -0.2) is 111 Å². The number of Topliss-reactive ketones (excluding diaryl/α,β-unsaturated/α-hetero) is 1. The summed E-state index contributed by atoms with van der Waals surface area (Å²) in [6, 6.07) is 0. The zero-order chi connectivity index (χ0) is 44.2. The second-order valence-electron chi connectivity index (χ2n) is 16.2. The fourth-order valence-corrected chi connectivity index (χ4v) is 8.10. The van der Waals surface area contributed by atoms with E-state index in [0.717, 1.165) is 38.6 Å². The number of carbonyl (C=O) groups excluding carboxylic acids is 3. The Kier molecular flexibility index (Phi) is 14.3. The van der Waals surface area contributed by atoms with Gasteiger partial charge in [-0.2, -0.15) is 5.10 Å². The summed E-state index contributed by atoms with van der Waals surface area (Å²) in [4.78, 5) is 42.4. The van der Waals surface area contributed by atoms with E-state index in [1.54, 1.807) is 46.2 Å². The van der Waals surface area contributed by atoms with Gasteiger partial charge < -0.3 is 54.7 Å². The number of phenolic OH excluding ortho intramolecular Hbond substituents is 3. The smallest absolute Gasteiger partial charge is 0.312 e. The second kappa shape index (κ2) is 18.9. The van der Waals surface area contributed by atoms with E-state index in [2.05, 4.69) is 15.5 Å². The predicted octanol–water partition coefficient (Wildman–Crippen LogP) is 5.60. The van der Waals surface area contributed by atoms with Crippen molar-refractivity contribution in [3.63, 3.8) is 0 Å². The number of anilines is 1. The highest BCUT2D eigenvalue weighted by Crippen LogP contribution is 2.55. The number of ether oxygens (including phenoxy) is 4. The Bertz CT molecular complexity index is 2120. The highest BCUT2D eigenvalue weighted by Gasteiger charge is 2.50. The van der Waals surface area contributed by atoms with E-state index in [9.17, 15) is 39.9 Å². The molecule has 60 heavy (non-hydrogen) atoms. The third kappa shape index (κ3) is 9.15. The van der Waals surface area contributed by atoms with Gasteiger partial charge >= 0.3 is 11.8 Å². The maximum atomic E-state index is 14.4. The molecule has 4 aliphatic rings. The van der Waals surface area contributed by atoms with E-state index in [0.29, 0.717) is 0 Å². The quantitative estimate of drug-likeness (QED) is 0.0539. The minimum absolute atomic E-state index is 0.0408. The molecule has 4 heterocycles. The van der Waals surface area contributed by atoms with Crippen LogP contribution in [0.1, 0.15) is 89.2 Å². The molecule has 1 amide bonds. The minimum Gasteiger partial charge on any atom is -0.507 e. The molecule has 2 aromatic carbocycles. The molecule has 9 atom stereocenters. The first-order valence-electron chi connectivity index (χ1n) is 20.2. The SMILES string of the molecule is COC1/C=C\OC2(C)Oc3c(C)c(O)c4c(O)c(c(/C=N/N=C/N5CCCCC5)c(O)c4c3C2=O)NC(=O)/C(C)=C\C=C/C(C)C(O)C(C)C(O)C(C)C(OC(C)=O)C1C. The van der Waals surface area contributed by atoms with Crippen LogP contribution in [0.25, 0.3) is 10.8 Å². The fourth-order valence-electron chi connectivity index (χ4n) is 8.10. The standard InChI is InChI=1S/C44H58N4O12/c1-22-14-13-15-23(2)43(56)47-34-29(20-45-46-21-48-17-11-10-12-18-48)38(53)31-32(39(34)54)37(52)27(6)41-33(31)42(55)44(8,60-41)58-19-16-30(57-9)24(3)40(59-28(7)49)26(5)36(51)25(4)35(22)50/h13-16,19-22,24-26,30,35-36,40,50-54H,10-12,17-18H2,1-9H3,(H,47,56)/b14-13-,19-16-,23-15-,45-20+,46-21+. The molecule has 0 radical (unpaired) electrons. The first kappa shape index (κ1) is 45.6. The zero-order valence-electron chi connectivity index (χ0n) is 35.6. The van der Waals surface area contributed by atoms with Crippen molar-refractivity contribution in [3.8, 4) is 23.0 Å². The van der Waals surface area contributed by atoms with Gasteiger partial charge in [0.25, 0.3) is 11.7 Å². The van der Waals surface area contributed by atoms with Crippen molar-refractivity contribution in [1.29, 1.82) is 0 Å². The number of aliphatic hydroxyl groups is 2. The number of benzene rings is 2. The number of aliphatic hydroxyl groups excluding tert-OH is 2. The number of amides is 1. The largest absolute Gasteiger partial charge is 0.507 e. The van der Waals surface area contributed by atoms with E-state index in [1.807, 2.05) is 4.90 Å². The lowest BCUT2D eigenvalue weighted by atomic mass is 9.78. The summed E-state index contributed by atoms with van der Waals surface area (Å²) in [5.41, 5.74) is -0.544. The maximum absolute atomic E-state index is 14.4. The van der Waals surface area contributed by atoms with Crippen molar-refractivity contribution >= 4 is 46.7 Å². The van der Waals surface area contributed by atoms with Crippen LogP contribution >= 0.6 is 0 Å². The van der Waals surface area contributed by atoms with Gasteiger partial charge in [0.1, 0.15) is 29.7 Å². The Morgan fingerprint density at radius 3 is 2.27 bits per heavy atom. The van der Waals surface area contributed by atoms with Gasteiger partial charge in [-0.3, -0.25) is 14.4 Å². The van der Waals surface area contributed by atoms with Gasteiger partial charge in [0.2, 0.25) is 0 Å². The number of hydrogen-bond donors (Lipinski definition) is 6. The Labute approximate surface area is 349 Å². The summed E-state index contributed by atoms with van der Waals surface area (Å²) in [7, 11) is 1.43. The molecule has 4 aliphatic heterocycles. The number of aromatic hydroxyl groups is 3. The van der Waals surface area contributed by atoms with Crippen LogP contribution < -0.4 is 10.1 Å². The molecule has 6 N–H and O–H groups in total. The number of likely N-dealkylation sites (tertiary alicyclic amines) is 1. The molecule has 5 bridgehead atoms. The van der Waals surface area contributed by atoms with Crippen LogP contribution in [0, 0.1) is 30.6 Å². The fraction of sp³-hybridized carbons (Fsp3) is 0.523. The van der Waals surface area contributed by atoms with Gasteiger partial charge in [-0.25, -0.2) is 0 Å². The summed E-state index contributed by atoms with van der Waals surface area (Å²) in [6.45, 7) is 14.1. The van der Waals surface area contributed by atoms with Crippen molar-refractivity contribution < 1.29 is 58.9 Å². The number of hydrogen-bond acceptors (Lipinski definition) is 14. The molecule has 1 fully saturated rings. The van der Waals surface area contributed by atoms with Crippen LogP contribution in [0.4, 0.5) is 5.69 Å². The average Bonchev–Trinajstić information content (AvgIpc) is 3.48. The van der Waals surface area contributed by atoms with Crippen LogP contribution in [0.15, 0.2) is 46.3 Å². The number of rotatable bonds is 5. The van der Waals surface area contributed by atoms with Crippen LogP contribution in [0.2, 0.25) is 0 Å². The van der Waals surface area contributed by atoms with Crippen LogP contribution in [-0.2, 0) is 23.8 Å². The molecule has 0 spiro atoms. The average molecular weight is 835 g/mol. The maximum Gasteiger partial charge on any atom is 0.312 e. The Balaban J connectivity index is 1.69. The van der Waals surface area contributed by atoms with E-state index in [1.165, 1.54) is 53.2 Å². The van der Waals surface area contributed by atoms with Crippen molar-refractivity contribution in [2.45, 2.75) is 105 Å². The van der Waals surface area contributed by atoms with Crippen LogP contribution in [0.3, 0.4) is 0 Å². The Morgan fingerprint density at radius 2 is 1.62 bits per heavy atom. The topological polar surface area (TPSA) is 229 Å². The summed E-state index contributed by atoms with van der Waals surface area (Å²) < 4.78 is 23.6. The van der Waals surface area contributed by atoms with Gasteiger partial charge in [0.15, 0.2) is 5.75 Å². The van der Waals surface area contributed by atoms with Gasteiger partial charge in [-0.1, -0.05) is 45.9 Å². The minimum atomic E-state index is -2.06. The molecule has 1 saturated heterocycles. The molecule has 2 aromatic rings. The molecular weight excluding hydrogens is 776 g/mol. The number of phenols is 3. The highest BCUT2D eigenvalue weighted by atomic mass is 16.7. The summed E-state index contributed by atoms with van der Waals surface area (Å²) in [6.07, 6.45) is 9.29. The second-order valence-corrected chi connectivity index (χ2v) is 16.2. The number of esters is 1. The number of nitrogens with one attached hydrogen (secondary N) is 1. The third-order valence-corrected chi connectivity index (χ3v) is 11.9. The van der Waals surface area contributed by atoms with Crippen LogP contribution in [0.5, 0.6) is 23.0 Å².